The lowest BCUT2D eigenvalue weighted by Gasteiger charge is -2.17. The van der Waals surface area contributed by atoms with Gasteiger partial charge in [0, 0.05) is 11.6 Å². The number of hydrogen-bond donors (Lipinski definition) is 1. The quantitative estimate of drug-likeness (QED) is 0.692. The van der Waals surface area contributed by atoms with E-state index in [9.17, 15) is 4.79 Å². The lowest BCUT2D eigenvalue weighted by Crippen LogP contribution is -2.29. The summed E-state index contributed by atoms with van der Waals surface area (Å²) in [6, 6.07) is 19.7. The van der Waals surface area contributed by atoms with Crippen molar-refractivity contribution in [2.75, 3.05) is 26.0 Å². The highest BCUT2D eigenvalue weighted by molar-refractivity contribution is 6.31. The molecule has 134 valence electrons. The fraction of sp³-hybridized carbons (Fsp3) is 0.190. The van der Waals surface area contributed by atoms with E-state index >= 15 is 0 Å². The maximum absolute atomic E-state index is 12.4. The van der Waals surface area contributed by atoms with Crippen LogP contribution in [0.2, 0.25) is 5.02 Å². The number of carbonyl (C=O) groups is 1. The Morgan fingerprint density at radius 1 is 1.08 bits per heavy atom. The van der Waals surface area contributed by atoms with Gasteiger partial charge in [-0.3, -0.25) is 9.69 Å². The molecule has 3 aromatic carbocycles. The molecule has 0 bridgehead atoms. The molecule has 0 aliphatic heterocycles. The minimum absolute atomic E-state index is 0.117. The van der Waals surface area contributed by atoms with Crippen LogP contribution < -0.4 is 10.1 Å². The van der Waals surface area contributed by atoms with E-state index in [-0.39, 0.29) is 12.5 Å². The third-order valence-corrected chi connectivity index (χ3v) is 4.35. The van der Waals surface area contributed by atoms with E-state index < -0.39 is 0 Å². The van der Waals surface area contributed by atoms with Crippen LogP contribution in [0.4, 0.5) is 5.69 Å². The number of benzene rings is 3. The summed E-state index contributed by atoms with van der Waals surface area (Å²) in [5, 5.41) is 5.82. The van der Waals surface area contributed by atoms with Crippen LogP contribution in [-0.2, 0) is 11.3 Å². The average molecular weight is 369 g/mol. The van der Waals surface area contributed by atoms with E-state index in [0.29, 0.717) is 23.0 Å². The van der Waals surface area contributed by atoms with Gasteiger partial charge in [0.25, 0.3) is 0 Å². The molecule has 0 unspecified atom stereocenters. The van der Waals surface area contributed by atoms with Crippen molar-refractivity contribution in [3.8, 4) is 5.75 Å². The zero-order valence-electron chi connectivity index (χ0n) is 14.8. The fourth-order valence-corrected chi connectivity index (χ4v) is 3.09. The molecule has 0 fully saturated rings. The molecule has 1 N–H and O–H groups in total. The normalized spacial score (nSPS) is 10.9. The standard InChI is InChI=1S/C21H21ClN2O2/c1-24(13-15-7-8-16-5-3-4-6-17(16)11-15)14-21(25)23-19-12-18(22)9-10-20(19)26-2/h3-12H,13-14H2,1-2H3,(H,23,25). The van der Waals surface area contributed by atoms with E-state index in [1.807, 2.05) is 24.1 Å². The monoisotopic (exact) mass is 368 g/mol. The first-order valence-corrected chi connectivity index (χ1v) is 8.72. The lowest BCUT2D eigenvalue weighted by atomic mass is 10.1. The molecule has 0 heterocycles. The molecule has 0 aromatic heterocycles. The van der Waals surface area contributed by atoms with E-state index in [2.05, 4.69) is 35.6 Å². The second kappa shape index (κ2) is 8.21. The van der Waals surface area contributed by atoms with Gasteiger partial charge in [-0.2, -0.15) is 0 Å². The van der Waals surface area contributed by atoms with Crippen molar-refractivity contribution in [2.45, 2.75) is 6.54 Å². The molecular weight excluding hydrogens is 348 g/mol. The van der Waals surface area contributed by atoms with Crippen LogP contribution in [0.3, 0.4) is 0 Å². The van der Waals surface area contributed by atoms with Crippen molar-refractivity contribution in [1.82, 2.24) is 4.90 Å². The highest BCUT2D eigenvalue weighted by Gasteiger charge is 2.11. The maximum atomic E-state index is 12.4. The van der Waals surface area contributed by atoms with Gasteiger partial charge in [0.15, 0.2) is 0 Å². The first-order valence-electron chi connectivity index (χ1n) is 8.35. The molecule has 3 rings (SSSR count). The highest BCUT2D eigenvalue weighted by Crippen LogP contribution is 2.27. The van der Waals surface area contributed by atoms with Crippen LogP contribution in [0.25, 0.3) is 10.8 Å². The molecule has 26 heavy (non-hydrogen) atoms. The Bertz CT molecular complexity index is 927. The predicted octanol–water partition coefficient (Wildman–Crippen LogP) is 4.57. The van der Waals surface area contributed by atoms with Crippen LogP contribution in [0, 0.1) is 0 Å². The molecule has 3 aromatic rings. The third kappa shape index (κ3) is 4.54. The summed E-state index contributed by atoms with van der Waals surface area (Å²) in [5.74, 6) is 0.466. The van der Waals surface area contributed by atoms with Gasteiger partial charge >= 0.3 is 0 Å². The minimum Gasteiger partial charge on any atom is -0.495 e. The molecule has 5 heteroatoms. The van der Waals surface area contributed by atoms with E-state index in [0.717, 1.165) is 0 Å². The second-order valence-electron chi connectivity index (χ2n) is 6.25. The Morgan fingerprint density at radius 3 is 2.62 bits per heavy atom. The highest BCUT2D eigenvalue weighted by atomic mass is 35.5. The number of carbonyl (C=O) groups excluding carboxylic acids is 1. The number of nitrogens with one attached hydrogen (secondary N) is 1. The van der Waals surface area contributed by atoms with Crippen LogP contribution in [0.5, 0.6) is 5.75 Å². The van der Waals surface area contributed by atoms with Crippen molar-refractivity contribution in [2.24, 2.45) is 0 Å². The summed E-state index contributed by atoms with van der Waals surface area (Å²) in [7, 11) is 3.48. The number of likely N-dealkylation sites (N-methyl/N-ethyl adjacent to an activating group) is 1. The average Bonchev–Trinajstić information content (AvgIpc) is 2.61. The van der Waals surface area contributed by atoms with E-state index in [4.69, 9.17) is 16.3 Å². The summed E-state index contributed by atoms with van der Waals surface area (Å²) in [6.07, 6.45) is 0. The number of halogens is 1. The Morgan fingerprint density at radius 2 is 1.85 bits per heavy atom. The van der Waals surface area contributed by atoms with Gasteiger partial charge in [-0.05, 0) is 47.6 Å². The number of ether oxygens (including phenoxy) is 1. The number of amides is 1. The summed E-state index contributed by atoms with van der Waals surface area (Å²) in [6.45, 7) is 0.952. The molecule has 0 spiro atoms. The molecule has 0 saturated heterocycles. The zero-order valence-corrected chi connectivity index (χ0v) is 15.6. The summed E-state index contributed by atoms with van der Waals surface area (Å²) in [4.78, 5) is 14.3. The molecule has 0 atom stereocenters. The molecule has 0 aliphatic rings. The Balaban J connectivity index is 1.62. The minimum atomic E-state index is -0.117. The predicted molar refractivity (Wildman–Crippen MR) is 107 cm³/mol. The van der Waals surface area contributed by atoms with Crippen molar-refractivity contribution in [3.63, 3.8) is 0 Å². The van der Waals surface area contributed by atoms with Crippen LogP contribution in [-0.4, -0.2) is 31.5 Å². The molecule has 1 amide bonds. The maximum Gasteiger partial charge on any atom is 0.238 e. The van der Waals surface area contributed by atoms with Gasteiger partial charge in [-0.15, -0.1) is 0 Å². The van der Waals surface area contributed by atoms with Crippen LogP contribution in [0.1, 0.15) is 5.56 Å². The third-order valence-electron chi connectivity index (χ3n) is 4.12. The Kier molecular flexibility index (Phi) is 5.76. The van der Waals surface area contributed by atoms with Gasteiger partial charge in [0.1, 0.15) is 5.75 Å². The topological polar surface area (TPSA) is 41.6 Å². The largest absolute Gasteiger partial charge is 0.495 e. The van der Waals surface area contributed by atoms with Crippen LogP contribution >= 0.6 is 11.6 Å². The van der Waals surface area contributed by atoms with E-state index in [1.165, 1.54) is 16.3 Å². The molecule has 0 radical (unpaired) electrons. The van der Waals surface area contributed by atoms with Crippen molar-refractivity contribution in [1.29, 1.82) is 0 Å². The summed E-state index contributed by atoms with van der Waals surface area (Å²) < 4.78 is 5.26. The van der Waals surface area contributed by atoms with Crippen molar-refractivity contribution in [3.05, 3.63) is 71.2 Å². The van der Waals surface area contributed by atoms with Gasteiger partial charge in [-0.25, -0.2) is 0 Å². The smallest absolute Gasteiger partial charge is 0.238 e. The van der Waals surface area contributed by atoms with Gasteiger partial charge in [-0.1, -0.05) is 48.0 Å². The van der Waals surface area contributed by atoms with Gasteiger partial charge < -0.3 is 10.1 Å². The second-order valence-corrected chi connectivity index (χ2v) is 6.68. The SMILES string of the molecule is COc1ccc(Cl)cc1NC(=O)CN(C)Cc1ccc2ccccc2c1. The molecule has 0 aliphatic carbocycles. The van der Waals surface area contributed by atoms with Crippen LogP contribution in [0.15, 0.2) is 60.7 Å². The first kappa shape index (κ1) is 18.2. The van der Waals surface area contributed by atoms with E-state index in [1.54, 1.807) is 25.3 Å². The van der Waals surface area contributed by atoms with Crippen molar-refractivity contribution >= 4 is 34.0 Å². The number of anilines is 1. The number of hydrogen-bond acceptors (Lipinski definition) is 3. The number of rotatable bonds is 6. The van der Waals surface area contributed by atoms with Crippen molar-refractivity contribution < 1.29 is 9.53 Å². The molecular formula is C21H21ClN2O2. The Hall–Kier alpha value is -2.56. The summed E-state index contributed by atoms with van der Waals surface area (Å²) in [5.41, 5.74) is 1.74. The molecule has 4 nitrogen and oxygen atoms in total. The van der Waals surface area contributed by atoms with Gasteiger partial charge in [0.2, 0.25) is 5.91 Å². The number of nitrogens with zero attached hydrogens (tertiary/aromatic N) is 1. The Labute approximate surface area is 158 Å². The number of methoxy groups -OCH3 is 1. The number of fused-ring (bicyclic) bond motifs is 1. The fourth-order valence-electron chi connectivity index (χ4n) is 2.92. The lowest BCUT2D eigenvalue weighted by molar-refractivity contribution is -0.117. The first-order chi connectivity index (χ1) is 12.5. The summed E-state index contributed by atoms with van der Waals surface area (Å²) >= 11 is 6.00. The molecule has 0 saturated carbocycles. The zero-order chi connectivity index (χ0) is 18.5. The van der Waals surface area contributed by atoms with Gasteiger partial charge in [0.05, 0.1) is 19.3 Å².